The molecule has 16 heavy (non-hydrogen) atoms. The number of nitrogens with one attached hydrogen (secondary N) is 1. The summed E-state index contributed by atoms with van der Waals surface area (Å²) in [6, 6.07) is 1.22. The van der Waals surface area contributed by atoms with Crippen LogP contribution in [0.15, 0.2) is 0 Å². The normalized spacial score (nSPS) is 24.6. The van der Waals surface area contributed by atoms with Crippen molar-refractivity contribution in [2.24, 2.45) is 5.92 Å². The summed E-state index contributed by atoms with van der Waals surface area (Å²) in [5, 5.41) is 3.51. The molecule has 0 radical (unpaired) electrons. The molecule has 1 aliphatic rings. The largest absolute Gasteiger partial charge is 0.313 e. The van der Waals surface area contributed by atoms with Gasteiger partial charge in [-0.1, -0.05) is 13.8 Å². The summed E-state index contributed by atoms with van der Waals surface area (Å²) >= 11 is 0. The number of likely N-dealkylation sites (N-methyl/N-ethyl adjacent to an activating group) is 1. The second-order valence-electron chi connectivity index (χ2n) is 5.77. The van der Waals surface area contributed by atoms with Crippen LogP contribution in [-0.2, 0) is 0 Å². The molecule has 0 aromatic carbocycles. The van der Waals surface area contributed by atoms with Crippen molar-refractivity contribution in [1.82, 2.24) is 15.1 Å². The molecule has 1 rings (SSSR count). The summed E-state index contributed by atoms with van der Waals surface area (Å²) in [7, 11) is 4.48. The lowest BCUT2D eigenvalue weighted by Gasteiger charge is -2.28. The first-order valence-corrected chi connectivity index (χ1v) is 6.61. The summed E-state index contributed by atoms with van der Waals surface area (Å²) in [5.74, 6) is 0.872. The van der Waals surface area contributed by atoms with Crippen LogP contribution in [0.4, 0.5) is 0 Å². The van der Waals surface area contributed by atoms with Crippen molar-refractivity contribution in [2.75, 3.05) is 40.3 Å². The van der Waals surface area contributed by atoms with Gasteiger partial charge in [0.15, 0.2) is 0 Å². The monoisotopic (exact) mass is 227 g/mol. The zero-order chi connectivity index (χ0) is 12.1. The first kappa shape index (κ1) is 13.9. The minimum atomic E-state index is 0.591. The molecule has 0 bridgehead atoms. The number of likely N-dealkylation sites (tertiary alicyclic amines) is 1. The van der Waals surface area contributed by atoms with Crippen molar-refractivity contribution >= 4 is 0 Å². The van der Waals surface area contributed by atoms with Crippen LogP contribution in [0.3, 0.4) is 0 Å². The summed E-state index contributed by atoms with van der Waals surface area (Å²) < 4.78 is 0. The summed E-state index contributed by atoms with van der Waals surface area (Å²) in [6.45, 7) is 11.6. The van der Waals surface area contributed by atoms with Gasteiger partial charge < -0.3 is 15.1 Å². The number of hydrogen-bond acceptors (Lipinski definition) is 3. The number of nitrogens with zero attached hydrogens (tertiary/aromatic N) is 2. The van der Waals surface area contributed by atoms with E-state index in [9.17, 15) is 0 Å². The maximum atomic E-state index is 3.51. The quantitative estimate of drug-likeness (QED) is 0.737. The van der Waals surface area contributed by atoms with Gasteiger partial charge in [-0.25, -0.2) is 0 Å². The molecule has 0 aromatic heterocycles. The lowest BCUT2D eigenvalue weighted by atomic mass is 10.1. The van der Waals surface area contributed by atoms with E-state index >= 15 is 0 Å². The van der Waals surface area contributed by atoms with E-state index in [2.05, 4.69) is 50.0 Å². The summed E-state index contributed by atoms with van der Waals surface area (Å²) in [6.07, 6.45) is 1.37. The Labute approximate surface area is 101 Å². The Morgan fingerprint density at radius 1 is 1.38 bits per heavy atom. The van der Waals surface area contributed by atoms with E-state index < -0.39 is 0 Å². The van der Waals surface area contributed by atoms with Gasteiger partial charge >= 0.3 is 0 Å². The van der Waals surface area contributed by atoms with Crippen LogP contribution in [-0.4, -0.2) is 62.2 Å². The van der Waals surface area contributed by atoms with Crippen LogP contribution in [0.2, 0.25) is 0 Å². The standard InChI is InChI=1S/C13H29N3/c1-11(2)14-8-12(3)16(5)10-13-6-7-15(4)9-13/h11-14H,6-10H2,1-5H3. The molecule has 3 heteroatoms. The maximum absolute atomic E-state index is 3.51. The van der Waals surface area contributed by atoms with Gasteiger partial charge in [-0.2, -0.15) is 0 Å². The van der Waals surface area contributed by atoms with Gasteiger partial charge in [0.2, 0.25) is 0 Å². The molecular formula is C13H29N3. The number of rotatable bonds is 6. The molecule has 3 nitrogen and oxygen atoms in total. The molecule has 1 fully saturated rings. The Morgan fingerprint density at radius 3 is 2.56 bits per heavy atom. The molecule has 1 N–H and O–H groups in total. The fourth-order valence-corrected chi connectivity index (χ4v) is 2.32. The highest BCUT2D eigenvalue weighted by atomic mass is 15.2. The molecule has 1 saturated heterocycles. The van der Waals surface area contributed by atoms with Gasteiger partial charge in [-0.15, -0.1) is 0 Å². The molecule has 0 spiro atoms. The van der Waals surface area contributed by atoms with Crippen molar-refractivity contribution in [3.63, 3.8) is 0 Å². The Kier molecular flexibility index (Phi) is 5.73. The fourth-order valence-electron chi connectivity index (χ4n) is 2.32. The van der Waals surface area contributed by atoms with E-state index in [-0.39, 0.29) is 0 Å². The average Bonchev–Trinajstić information content (AvgIpc) is 2.60. The molecule has 1 aliphatic heterocycles. The second kappa shape index (κ2) is 6.58. The lowest BCUT2D eigenvalue weighted by Crippen LogP contribution is -2.42. The van der Waals surface area contributed by atoms with Crippen molar-refractivity contribution in [1.29, 1.82) is 0 Å². The molecule has 0 amide bonds. The first-order valence-electron chi connectivity index (χ1n) is 6.61. The van der Waals surface area contributed by atoms with E-state index in [0.717, 1.165) is 12.5 Å². The smallest absolute Gasteiger partial charge is 0.0189 e. The Bertz CT molecular complexity index is 194. The van der Waals surface area contributed by atoms with Crippen LogP contribution in [0.1, 0.15) is 27.2 Å². The van der Waals surface area contributed by atoms with Gasteiger partial charge in [0.05, 0.1) is 0 Å². The molecule has 2 atom stereocenters. The van der Waals surface area contributed by atoms with Crippen molar-refractivity contribution in [3.05, 3.63) is 0 Å². The molecular weight excluding hydrogens is 198 g/mol. The Balaban J connectivity index is 2.20. The van der Waals surface area contributed by atoms with Gasteiger partial charge in [-0.05, 0) is 39.9 Å². The van der Waals surface area contributed by atoms with Gasteiger partial charge in [0, 0.05) is 31.7 Å². The van der Waals surface area contributed by atoms with Gasteiger partial charge in [-0.3, -0.25) is 0 Å². The van der Waals surface area contributed by atoms with Crippen LogP contribution in [0, 0.1) is 5.92 Å². The SMILES string of the molecule is CC(C)NCC(C)N(C)CC1CCN(C)C1. The fraction of sp³-hybridized carbons (Fsp3) is 1.00. The summed E-state index contributed by atoms with van der Waals surface area (Å²) in [4.78, 5) is 4.94. The topological polar surface area (TPSA) is 18.5 Å². The van der Waals surface area contributed by atoms with Crippen LogP contribution < -0.4 is 5.32 Å². The van der Waals surface area contributed by atoms with Crippen molar-refractivity contribution < 1.29 is 0 Å². The van der Waals surface area contributed by atoms with E-state index in [1.165, 1.54) is 26.1 Å². The van der Waals surface area contributed by atoms with E-state index in [1.54, 1.807) is 0 Å². The highest BCUT2D eigenvalue weighted by Crippen LogP contribution is 2.15. The third-order valence-corrected chi connectivity index (χ3v) is 3.61. The predicted octanol–water partition coefficient (Wildman–Crippen LogP) is 1.26. The molecule has 0 aromatic rings. The van der Waals surface area contributed by atoms with Gasteiger partial charge in [0.1, 0.15) is 0 Å². The molecule has 0 aliphatic carbocycles. The van der Waals surface area contributed by atoms with Crippen molar-refractivity contribution in [3.8, 4) is 0 Å². The lowest BCUT2D eigenvalue weighted by molar-refractivity contribution is 0.211. The minimum Gasteiger partial charge on any atom is -0.313 e. The average molecular weight is 227 g/mol. The highest BCUT2D eigenvalue weighted by molar-refractivity contribution is 4.77. The Hall–Kier alpha value is -0.120. The zero-order valence-electron chi connectivity index (χ0n) is 11.7. The second-order valence-corrected chi connectivity index (χ2v) is 5.77. The summed E-state index contributed by atoms with van der Waals surface area (Å²) in [5.41, 5.74) is 0. The van der Waals surface area contributed by atoms with Crippen molar-refractivity contribution in [2.45, 2.75) is 39.3 Å². The van der Waals surface area contributed by atoms with E-state index in [0.29, 0.717) is 12.1 Å². The van der Waals surface area contributed by atoms with Crippen LogP contribution in [0.25, 0.3) is 0 Å². The van der Waals surface area contributed by atoms with Crippen LogP contribution in [0.5, 0.6) is 0 Å². The number of hydrogen-bond donors (Lipinski definition) is 1. The zero-order valence-corrected chi connectivity index (χ0v) is 11.7. The predicted molar refractivity (Wildman–Crippen MR) is 70.8 cm³/mol. The third kappa shape index (κ3) is 4.81. The first-order chi connectivity index (χ1) is 7.49. The maximum Gasteiger partial charge on any atom is 0.0189 e. The minimum absolute atomic E-state index is 0.591. The molecule has 2 unspecified atom stereocenters. The molecule has 1 heterocycles. The van der Waals surface area contributed by atoms with E-state index in [4.69, 9.17) is 0 Å². The molecule has 96 valence electrons. The van der Waals surface area contributed by atoms with Gasteiger partial charge in [0.25, 0.3) is 0 Å². The molecule has 0 saturated carbocycles. The Morgan fingerprint density at radius 2 is 2.06 bits per heavy atom. The van der Waals surface area contributed by atoms with E-state index in [1.807, 2.05) is 0 Å². The third-order valence-electron chi connectivity index (χ3n) is 3.61. The van der Waals surface area contributed by atoms with Crippen LogP contribution >= 0.6 is 0 Å². The highest BCUT2D eigenvalue weighted by Gasteiger charge is 2.22.